The predicted molar refractivity (Wildman–Crippen MR) is 82.8 cm³/mol. The number of carbonyl (C=O) groups is 1. The number of carbonyl (C=O) groups excluding carboxylic acids is 1. The monoisotopic (exact) mass is 289 g/mol. The first-order valence-corrected chi connectivity index (χ1v) is 6.94. The van der Waals surface area contributed by atoms with Crippen LogP contribution in [-0.4, -0.2) is 24.2 Å². The van der Waals surface area contributed by atoms with Gasteiger partial charge in [0.1, 0.15) is 5.60 Å². The molecule has 0 aromatic heterocycles. The molecule has 21 heavy (non-hydrogen) atoms. The maximum Gasteiger partial charge on any atom is 0.308 e. The van der Waals surface area contributed by atoms with E-state index in [4.69, 9.17) is 15.7 Å². The summed E-state index contributed by atoms with van der Waals surface area (Å²) in [6, 6.07) is 7.35. The largest absolute Gasteiger partial charge is 0.460 e. The summed E-state index contributed by atoms with van der Waals surface area (Å²) in [7, 11) is 0. The summed E-state index contributed by atoms with van der Waals surface area (Å²) in [6.07, 6.45) is 0.201. The lowest BCUT2D eigenvalue weighted by Crippen LogP contribution is -2.34. The van der Waals surface area contributed by atoms with Crippen molar-refractivity contribution in [3.63, 3.8) is 0 Å². The van der Waals surface area contributed by atoms with Crippen molar-refractivity contribution in [3.05, 3.63) is 29.3 Å². The van der Waals surface area contributed by atoms with Gasteiger partial charge in [0.25, 0.3) is 0 Å². The summed E-state index contributed by atoms with van der Waals surface area (Å²) >= 11 is 0. The van der Waals surface area contributed by atoms with E-state index in [-0.39, 0.29) is 18.4 Å². The SMILES string of the molecule is Cc1cc(N[C@H](CN)CC(=O)OC(C)(C)C)ccc1C#N. The van der Waals surface area contributed by atoms with Crippen LogP contribution in [0.2, 0.25) is 0 Å². The summed E-state index contributed by atoms with van der Waals surface area (Å²) in [5.74, 6) is -0.282. The molecule has 0 heterocycles. The Bertz CT molecular complexity index is 541. The molecule has 0 bridgehead atoms. The molecule has 0 radical (unpaired) electrons. The molecule has 3 N–H and O–H groups in total. The summed E-state index contributed by atoms with van der Waals surface area (Å²) in [4.78, 5) is 11.8. The third-order valence-corrected chi connectivity index (χ3v) is 2.84. The first-order valence-electron chi connectivity index (χ1n) is 6.94. The summed E-state index contributed by atoms with van der Waals surface area (Å²) in [5, 5.41) is 12.1. The summed E-state index contributed by atoms with van der Waals surface area (Å²) < 4.78 is 5.29. The molecule has 1 atom stereocenters. The van der Waals surface area contributed by atoms with Crippen LogP contribution in [0, 0.1) is 18.3 Å². The zero-order chi connectivity index (χ0) is 16.0. The van der Waals surface area contributed by atoms with Gasteiger partial charge in [-0.3, -0.25) is 4.79 Å². The van der Waals surface area contributed by atoms with Gasteiger partial charge in [-0.1, -0.05) is 0 Å². The number of anilines is 1. The molecule has 0 saturated heterocycles. The zero-order valence-electron chi connectivity index (χ0n) is 13.1. The van der Waals surface area contributed by atoms with Crippen LogP contribution >= 0.6 is 0 Å². The lowest BCUT2D eigenvalue weighted by atomic mass is 10.1. The van der Waals surface area contributed by atoms with Gasteiger partial charge in [-0.15, -0.1) is 0 Å². The third kappa shape index (κ3) is 5.84. The molecule has 1 aromatic carbocycles. The highest BCUT2D eigenvalue weighted by atomic mass is 16.6. The second kappa shape index (κ2) is 7.09. The molecule has 0 unspecified atom stereocenters. The van der Waals surface area contributed by atoms with E-state index in [1.807, 2.05) is 39.8 Å². The number of ether oxygens (including phenoxy) is 1. The summed E-state index contributed by atoms with van der Waals surface area (Å²) in [6.45, 7) is 7.69. The molecule has 5 heteroatoms. The van der Waals surface area contributed by atoms with E-state index < -0.39 is 5.60 Å². The number of nitrogens with one attached hydrogen (secondary N) is 1. The number of hydrogen-bond donors (Lipinski definition) is 2. The van der Waals surface area contributed by atoms with Crippen LogP contribution in [0.5, 0.6) is 0 Å². The van der Waals surface area contributed by atoms with Crippen molar-refractivity contribution in [1.29, 1.82) is 5.26 Å². The Labute approximate surface area is 126 Å². The standard InChI is InChI=1S/C16H23N3O2/c1-11-7-13(6-5-12(11)9-17)19-14(10-18)8-15(20)21-16(2,3)4/h5-7,14,19H,8,10,18H2,1-4H3/t14-/m0/s1. The topological polar surface area (TPSA) is 88.1 Å². The number of nitrogens with zero attached hydrogens (tertiary/aromatic N) is 1. The Kier molecular flexibility index (Phi) is 5.74. The minimum atomic E-state index is -0.499. The van der Waals surface area contributed by atoms with Gasteiger partial charge in [-0.25, -0.2) is 0 Å². The lowest BCUT2D eigenvalue weighted by molar-refractivity contribution is -0.155. The van der Waals surface area contributed by atoms with Gasteiger partial charge >= 0.3 is 5.97 Å². The maximum absolute atomic E-state index is 11.8. The zero-order valence-corrected chi connectivity index (χ0v) is 13.1. The van der Waals surface area contributed by atoms with Gasteiger partial charge in [0, 0.05) is 18.3 Å². The first kappa shape index (κ1) is 17.0. The van der Waals surface area contributed by atoms with Crippen molar-refractivity contribution in [2.45, 2.75) is 45.8 Å². The van der Waals surface area contributed by atoms with Gasteiger partial charge < -0.3 is 15.8 Å². The van der Waals surface area contributed by atoms with E-state index in [2.05, 4.69) is 11.4 Å². The van der Waals surface area contributed by atoms with Crippen molar-refractivity contribution >= 4 is 11.7 Å². The molecule has 0 aliphatic rings. The number of hydrogen-bond acceptors (Lipinski definition) is 5. The second-order valence-electron chi connectivity index (χ2n) is 6.01. The average molecular weight is 289 g/mol. The van der Waals surface area contributed by atoms with Crippen molar-refractivity contribution < 1.29 is 9.53 Å². The van der Waals surface area contributed by atoms with Gasteiger partial charge in [-0.2, -0.15) is 5.26 Å². The Balaban J connectivity index is 2.68. The van der Waals surface area contributed by atoms with Crippen LogP contribution in [0.4, 0.5) is 5.69 Å². The molecule has 0 aliphatic heterocycles. The molecule has 0 saturated carbocycles. The minimum Gasteiger partial charge on any atom is -0.460 e. The molecule has 0 amide bonds. The second-order valence-corrected chi connectivity index (χ2v) is 6.01. The Hall–Kier alpha value is -2.06. The first-order chi connectivity index (χ1) is 9.75. The number of rotatable bonds is 5. The van der Waals surface area contributed by atoms with E-state index in [9.17, 15) is 4.79 Å². The van der Waals surface area contributed by atoms with Crippen LogP contribution in [-0.2, 0) is 9.53 Å². The quantitative estimate of drug-likeness (QED) is 0.812. The van der Waals surface area contributed by atoms with E-state index in [1.165, 1.54) is 0 Å². The van der Waals surface area contributed by atoms with Crippen LogP contribution in [0.3, 0.4) is 0 Å². The highest BCUT2D eigenvalue weighted by molar-refractivity contribution is 5.71. The normalized spacial score (nSPS) is 12.4. The lowest BCUT2D eigenvalue weighted by Gasteiger charge is -2.23. The maximum atomic E-state index is 11.8. The third-order valence-electron chi connectivity index (χ3n) is 2.84. The van der Waals surface area contributed by atoms with Crippen molar-refractivity contribution in [3.8, 4) is 6.07 Å². The highest BCUT2D eigenvalue weighted by Gasteiger charge is 2.19. The van der Waals surface area contributed by atoms with Gasteiger partial charge in [0.15, 0.2) is 0 Å². The van der Waals surface area contributed by atoms with Gasteiger partial charge in [0.2, 0.25) is 0 Å². The molecule has 0 aliphatic carbocycles. The molecule has 1 rings (SSSR count). The number of nitriles is 1. The van der Waals surface area contributed by atoms with Crippen molar-refractivity contribution in [2.75, 3.05) is 11.9 Å². The molecule has 114 valence electrons. The van der Waals surface area contributed by atoms with Crippen LogP contribution in [0.1, 0.15) is 38.3 Å². The fraction of sp³-hybridized carbons (Fsp3) is 0.500. The molecule has 5 nitrogen and oxygen atoms in total. The molecular weight excluding hydrogens is 266 g/mol. The Morgan fingerprint density at radius 1 is 1.48 bits per heavy atom. The van der Waals surface area contributed by atoms with Gasteiger partial charge in [0.05, 0.1) is 18.1 Å². The minimum absolute atomic E-state index is 0.201. The Morgan fingerprint density at radius 2 is 2.14 bits per heavy atom. The van der Waals surface area contributed by atoms with Crippen molar-refractivity contribution in [1.82, 2.24) is 0 Å². The smallest absolute Gasteiger partial charge is 0.308 e. The fourth-order valence-electron chi connectivity index (χ4n) is 1.89. The number of aryl methyl sites for hydroxylation is 1. The molecular formula is C16H23N3O2. The van der Waals surface area contributed by atoms with Crippen LogP contribution in [0.15, 0.2) is 18.2 Å². The van der Waals surface area contributed by atoms with Crippen molar-refractivity contribution in [2.24, 2.45) is 5.73 Å². The van der Waals surface area contributed by atoms with E-state index >= 15 is 0 Å². The molecule has 0 spiro atoms. The molecule has 1 aromatic rings. The predicted octanol–water partition coefficient (Wildman–Crippen LogP) is 2.34. The summed E-state index contributed by atoms with van der Waals surface area (Å²) in [5.41, 5.74) is 7.56. The van der Waals surface area contributed by atoms with Gasteiger partial charge in [-0.05, 0) is 51.5 Å². The highest BCUT2D eigenvalue weighted by Crippen LogP contribution is 2.16. The van der Waals surface area contributed by atoms with E-state index in [0.29, 0.717) is 12.1 Å². The Morgan fingerprint density at radius 3 is 2.62 bits per heavy atom. The van der Waals surface area contributed by atoms with E-state index in [1.54, 1.807) is 6.07 Å². The number of nitrogens with two attached hydrogens (primary N) is 1. The number of esters is 1. The molecule has 0 fully saturated rings. The van der Waals surface area contributed by atoms with Crippen LogP contribution < -0.4 is 11.1 Å². The fourth-order valence-corrected chi connectivity index (χ4v) is 1.89. The average Bonchev–Trinajstić information content (AvgIpc) is 2.36. The van der Waals surface area contributed by atoms with Crippen LogP contribution in [0.25, 0.3) is 0 Å². The van der Waals surface area contributed by atoms with E-state index in [0.717, 1.165) is 11.3 Å². The number of benzene rings is 1.